The van der Waals surface area contributed by atoms with Gasteiger partial charge in [0, 0.05) is 34.6 Å². The molecule has 0 saturated carbocycles. The van der Waals surface area contributed by atoms with Gasteiger partial charge in [-0.05, 0) is 42.7 Å². The molecule has 0 bridgehead atoms. The number of methoxy groups -OCH3 is 1. The summed E-state index contributed by atoms with van der Waals surface area (Å²) in [4.78, 5) is 32.6. The number of ether oxygens (including phenoxy) is 1. The van der Waals surface area contributed by atoms with Crippen LogP contribution in [0.4, 0.5) is 10.5 Å². The number of nitrogens with zero attached hydrogens (tertiary/aromatic N) is 2. The van der Waals surface area contributed by atoms with E-state index in [1.807, 2.05) is 53.4 Å². The first-order chi connectivity index (χ1) is 16.9. The Hall–Kier alpha value is -3.32. The molecule has 0 fully saturated rings. The SMILES string of the molecule is CCC(C)CN(CC(=O)N(Cc1ccccc1)Cc1ccc(C)s1)C(=O)Nc1cccc(OC)c1. The van der Waals surface area contributed by atoms with Crippen LogP contribution in [0.2, 0.25) is 0 Å². The van der Waals surface area contributed by atoms with Gasteiger partial charge in [0.2, 0.25) is 5.91 Å². The topological polar surface area (TPSA) is 61.9 Å². The fraction of sp³-hybridized carbons (Fsp3) is 0.357. The first kappa shape index (κ1) is 26.3. The first-order valence-corrected chi connectivity index (χ1v) is 12.8. The molecule has 1 unspecified atom stereocenters. The molecule has 2 aromatic carbocycles. The molecule has 0 spiro atoms. The summed E-state index contributed by atoms with van der Waals surface area (Å²) in [5.41, 5.74) is 1.69. The minimum absolute atomic E-state index is 0.0112. The standard InChI is InChI=1S/C28H35N3O3S/c1-5-21(2)17-31(28(33)29-24-12-9-13-25(16-24)34-4)20-27(32)30(18-23-10-7-6-8-11-23)19-26-15-14-22(3)35-26/h6-16,21H,5,17-20H2,1-4H3,(H,29,33). The van der Waals surface area contributed by atoms with Crippen molar-refractivity contribution in [2.75, 3.05) is 25.5 Å². The molecule has 0 aliphatic heterocycles. The van der Waals surface area contributed by atoms with Crippen LogP contribution in [-0.2, 0) is 17.9 Å². The maximum atomic E-state index is 13.6. The van der Waals surface area contributed by atoms with Gasteiger partial charge in [-0.25, -0.2) is 4.79 Å². The molecular weight excluding hydrogens is 458 g/mol. The molecular formula is C28H35N3O3S. The van der Waals surface area contributed by atoms with Crippen molar-refractivity contribution in [2.45, 2.75) is 40.3 Å². The fourth-order valence-corrected chi connectivity index (χ4v) is 4.59. The van der Waals surface area contributed by atoms with E-state index >= 15 is 0 Å². The van der Waals surface area contributed by atoms with Gasteiger partial charge < -0.3 is 19.9 Å². The van der Waals surface area contributed by atoms with E-state index in [2.05, 4.69) is 38.2 Å². The highest BCUT2D eigenvalue weighted by Gasteiger charge is 2.23. The highest BCUT2D eigenvalue weighted by atomic mass is 32.1. The predicted molar refractivity (Wildman–Crippen MR) is 143 cm³/mol. The van der Waals surface area contributed by atoms with Gasteiger partial charge in [-0.15, -0.1) is 11.3 Å². The van der Waals surface area contributed by atoms with Gasteiger partial charge in [-0.3, -0.25) is 4.79 Å². The lowest BCUT2D eigenvalue weighted by molar-refractivity contribution is -0.133. The Kier molecular flexibility index (Phi) is 9.73. The van der Waals surface area contributed by atoms with Gasteiger partial charge in [0.1, 0.15) is 12.3 Å². The van der Waals surface area contributed by atoms with E-state index in [-0.39, 0.29) is 24.4 Å². The van der Waals surface area contributed by atoms with E-state index < -0.39 is 0 Å². The molecule has 0 radical (unpaired) electrons. The molecule has 3 amide bonds. The Morgan fingerprint density at radius 3 is 2.43 bits per heavy atom. The fourth-order valence-electron chi connectivity index (χ4n) is 3.69. The molecule has 35 heavy (non-hydrogen) atoms. The molecule has 0 aliphatic rings. The molecule has 0 saturated heterocycles. The van der Waals surface area contributed by atoms with E-state index in [9.17, 15) is 9.59 Å². The zero-order chi connectivity index (χ0) is 25.2. The molecule has 7 heteroatoms. The van der Waals surface area contributed by atoms with E-state index in [1.165, 1.54) is 4.88 Å². The molecule has 1 N–H and O–H groups in total. The van der Waals surface area contributed by atoms with Crippen LogP contribution in [-0.4, -0.2) is 41.9 Å². The van der Waals surface area contributed by atoms with Gasteiger partial charge in [0.05, 0.1) is 13.7 Å². The summed E-state index contributed by atoms with van der Waals surface area (Å²) in [6, 6.07) is 21.0. The first-order valence-electron chi connectivity index (χ1n) is 11.9. The molecule has 3 aromatic rings. The highest BCUT2D eigenvalue weighted by molar-refractivity contribution is 7.11. The third kappa shape index (κ3) is 8.14. The van der Waals surface area contributed by atoms with Crippen LogP contribution in [0.3, 0.4) is 0 Å². The molecule has 0 aliphatic carbocycles. The van der Waals surface area contributed by atoms with Crippen LogP contribution in [0.25, 0.3) is 0 Å². The van der Waals surface area contributed by atoms with Gasteiger partial charge in [0.15, 0.2) is 0 Å². The Morgan fingerprint density at radius 2 is 1.77 bits per heavy atom. The normalized spacial score (nSPS) is 11.5. The van der Waals surface area contributed by atoms with Gasteiger partial charge in [-0.1, -0.05) is 56.7 Å². The number of hydrogen-bond donors (Lipinski definition) is 1. The zero-order valence-corrected chi connectivity index (χ0v) is 21.8. The van der Waals surface area contributed by atoms with Crippen molar-refractivity contribution in [3.05, 3.63) is 82.0 Å². The summed E-state index contributed by atoms with van der Waals surface area (Å²) in [5.74, 6) is 0.845. The maximum Gasteiger partial charge on any atom is 0.322 e. The number of aryl methyl sites for hydroxylation is 1. The monoisotopic (exact) mass is 493 g/mol. The van der Waals surface area contributed by atoms with Crippen molar-refractivity contribution >= 4 is 29.0 Å². The summed E-state index contributed by atoms with van der Waals surface area (Å²) >= 11 is 1.69. The Bertz CT molecular complexity index is 1100. The number of nitrogens with one attached hydrogen (secondary N) is 1. The molecule has 1 atom stereocenters. The Balaban J connectivity index is 1.78. The minimum Gasteiger partial charge on any atom is -0.497 e. The van der Waals surface area contributed by atoms with Crippen LogP contribution < -0.4 is 10.1 Å². The van der Waals surface area contributed by atoms with Crippen LogP contribution in [0.1, 0.15) is 35.6 Å². The molecule has 1 heterocycles. The predicted octanol–water partition coefficient (Wildman–Crippen LogP) is 6.17. The second kappa shape index (κ2) is 13.0. The minimum atomic E-state index is -0.293. The average molecular weight is 494 g/mol. The quantitative estimate of drug-likeness (QED) is 0.347. The van der Waals surface area contributed by atoms with Crippen molar-refractivity contribution in [3.8, 4) is 5.75 Å². The molecule has 1 aromatic heterocycles. The third-order valence-corrected chi connectivity index (χ3v) is 6.86. The Morgan fingerprint density at radius 1 is 1.00 bits per heavy atom. The number of urea groups is 1. The summed E-state index contributed by atoms with van der Waals surface area (Å²) in [7, 11) is 1.59. The smallest absolute Gasteiger partial charge is 0.322 e. The summed E-state index contributed by atoms with van der Waals surface area (Å²) in [6.45, 7) is 7.76. The zero-order valence-electron chi connectivity index (χ0n) is 21.0. The summed E-state index contributed by atoms with van der Waals surface area (Å²) in [6.07, 6.45) is 0.916. The molecule has 3 rings (SSSR count). The highest BCUT2D eigenvalue weighted by Crippen LogP contribution is 2.20. The Labute approximate surface area is 212 Å². The van der Waals surface area contributed by atoms with E-state index in [4.69, 9.17) is 4.74 Å². The average Bonchev–Trinajstić information content (AvgIpc) is 3.28. The number of carbonyl (C=O) groups excluding carboxylic acids is 2. The van der Waals surface area contributed by atoms with E-state index in [0.29, 0.717) is 31.1 Å². The number of amides is 3. The second-order valence-electron chi connectivity index (χ2n) is 8.80. The van der Waals surface area contributed by atoms with Crippen molar-refractivity contribution in [3.63, 3.8) is 0 Å². The van der Waals surface area contributed by atoms with Crippen molar-refractivity contribution < 1.29 is 14.3 Å². The molecule has 6 nitrogen and oxygen atoms in total. The van der Waals surface area contributed by atoms with Crippen LogP contribution in [0.5, 0.6) is 5.75 Å². The van der Waals surface area contributed by atoms with Crippen molar-refractivity contribution in [1.29, 1.82) is 0 Å². The number of benzene rings is 2. The van der Waals surface area contributed by atoms with Crippen molar-refractivity contribution in [1.82, 2.24) is 9.80 Å². The van der Waals surface area contributed by atoms with E-state index in [0.717, 1.165) is 16.9 Å². The maximum absolute atomic E-state index is 13.6. The van der Waals surface area contributed by atoms with Crippen LogP contribution in [0.15, 0.2) is 66.7 Å². The lowest BCUT2D eigenvalue weighted by Gasteiger charge is -2.29. The third-order valence-electron chi connectivity index (χ3n) is 5.88. The van der Waals surface area contributed by atoms with Gasteiger partial charge in [0.25, 0.3) is 0 Å². The lowest BCUT2D eigenvalue weighted by Crippen LogP contribution is -2.45. The largest absolute Gasteiger partial charge is 0.497 e. The number of carbonyl (C=O) groups is 2. The van der Waals surface area contributed by atoms with E-state index in [1.54, 1.807) is 29.4 Å². The molecule has 186 valence electrons. The number of hydrogen-bond acceptors (Lipinski definition) is 4. The second-order valence-corrected chi connectivity index (χ2v) is 10.2. The van der Waals surface area contributed by atoms with Crippen LogP contribution in [0, 0.1) is 12.8 Å². The number of thiophene rings is 1. The van der Waals surface area contributed by atoms with Crippen molar-refractivity contribution in [2.24, 2.45) is 5.92 Å². The van der Waals surface area contributed by atoms with Gasteiger partial charge in [-0.2, -0.15) is 0 Å². The summed E-state index contributed by atoms with van der Waals surface area (Å²) < 4.78 is 5.27. The van der Waals surface area contributed by atoms with Gasteiger partial charge >= 0.3 is 6.03 Å². The number of rotatable bonds is 11. The summed E-state index contributed by atoms with van der Waals surface area (Å²) in [5, 5.41) is 2.93. The number of anilines is 1. The lowest BCUT2D eigenvalue weighted by atomic mass is 10.1. The van der Waals surface area contributed by atoms with Crippen LogP contribution >= 0.6 is 11.3 Å².